The van der Waals surface area contributed by atoms with Gasteiger partial charge in [0.15, 0.2) is 0 Å². The van der Waals surface area contributed by atoms with Crippen molar-refractivity contribution in [2.45, 2.75) is 129 Å². The molecular weight excluding hydrogens is 320 g/mol. The quantitative estimate of drug-likeness (QED) is 0.123. The highest BCUT2D eigenvalue weighted by atomic mass is 16.5. The molecule has 0 aromatic rings. The van der Waals surface area contributed by atoms with Crippen LogP contribution in [0.3, 0.4) is 0 Å². The van der Waals surface area contributed by atoms with Crippen molar-refractivity contribution in [3.8, 4) is 0 Å². The molecule has 0 rings (SSSR count). The summed E-state index contributed by atoms with van der Waals surface area (Å²) < 4.78 is 4.81. The van der Waals surface area contributed by atoms with E-state index in [1.54, 1.807) is 6.61 Å². The van der Waals surface area contributed by atoms with E-state index in [2.05, 4.69) is 19.1 Å². The van der Waals surface area contributed by atoms with Gasteiger partial charge in [0.05, 0.1) is 0 Å². The van der Waals surface area contributed by atoms with E-state index >= 15 is 0 Å². The molecular formula is C24H45O2. The van der Waals surface area contributed by atoms with Gasteiger partial charge in [0.2, 0.25) is 0 Å². The van der Waals surface area contributed by atoms with Crippen molar-refractivity contribution in [1.29, 1.82) is 0 Å². The average molecular weight is 366 g/mol. The molecule has 0 N–H and O–H groups in total. The second-order valence-corrected chi connectivity index (χ2v) is 7.56. The van der Waals surface area contributed by atoms with Crippen LogP contribution in [0.4, 0.5) is 0 Å². The third kappa shape index (κ3) is 23.2. The number of carbonyl (C=O) groups is 1. The third-order valence-electron chi connectivity index (χ3n) is 4.83. The van der Waals surface area contributed by atoms with Crippen molar-refractivity contribution in [3.63, 3.8) is 0 Å². The van der Waals surface area contributed by atoms with E-state index in [0.29, 0.717) is 0 Å². The van der Waals surface area contributed by atoms with Crippen LogP contribution in [0, 0.1) is 6.61 Å². The van der Waals surface area contributed by atoms with Crippen molar-refractivity contribution in [2.75, 3.05) is 0 Å². The summed E-state index contributed by atoms with van der Waals surface area (Å²) in [5, 5.41) is 0. The van der Waals surface area contributed by atoms with Gasteiger partial charge in [0, 0.05) is 6.92 Å². The highest BCUT2D eigenvalue weighted by Gasteiger charge is 1.95. The van der Waals surface area contributed by atoms with Crippen molar-refractivity contribution < 1.29 is 9.53 Å². The van der Waals surface area contributed by atoms with Gasteiger partial charge in [-0.2, -0.15) is 0 Å². The van der Waals surface area contributed by atoms with Crippen molar-refractivity contribution >= 4 is 5.97 Å². The monoisotopic (exact) mass is 365 g/mol. The fourth-order valence-electron chi connectivity index (χ4n) is 3.18. The summed E-state index contributed by atoms with van der Waals surface area (Å²) in [5.74, 6) is -0.212. The molecule has 26 heavy (non-hydrogen) atoms. The summed E-state index contributed by atoms with van der Waals surface area (Å²) in [6.07, 6.45) is 28.6. The van der Waals surface area contributed by atoms with Crippen molar-refractivity contribution in [2.24, 2.45) is 0 Å². The van der Waals surface area contributed by atoms with E-state index in [4.69, 9.17) is 4.74 Å². The number of carbonyl (C=O) groups excluding carboxylic acids is 1. The maximum Gasteiger partial charge on any atom is 0.303 e. The Hall–Kier alpha value is -0.790. The van der Waals surface area contributed by atoms with Gasteiger partial charge >= 0.3 is 5.97 Å². The minimum absolute atomic E-state index is 0.212. The molecule has 0 saturated carbocycles. The van der Waals surface area contributed by atoms with Gasteiger partial charge < -0.3 is 4.74 Å². The number of rotatable bonds is 20. The lowest BCUT2D eigenvalue weighted by Crippen LogP contribution is -1.94. The molecule has 0 bridgehead atoms. The first kappa shape index (κ1) is 25.2. The molecule has 2 nitrogen and oxygen atoms in total. The van der Waals surface area contributed by atoms with Crippen molar-refractivity contribution in [1.82, 2.24) is 0 Å². The topological polar surface area (TPSA) is 26.3 Å². The Labute approximate surface area is 164 Å². The highest BCUT2D eigenvalue weighted by molar-refractivity contribution is 5.66. The summed E-state index contributed by atoms with van der Waals surface area (Å²) in [7, 11) is 0. The Balaban J connectivity index is 3.07. The molecule has 0 aromatic heterocycles. The standard InChI is InChI=1S/C24H45O2/c1-3-4-5-6-7-8-9-10-11-12-13-14-15-16-17-18-19-20-21-22-23-26-24(2)25/h13-14,23H,3-12,15-22H2,1-2H3. The van der Waals surface area contributed by atoms with Crippen LogP contribution in [-0.2, 0) is 9.53 Å². The van der Waals surface area contributed by atoms with Crippen LogP contribution in [0.25, 0.3) is 0 Å². The van der Waals surface area contributed by atoms with Crippen LogP contribution in [0.2, 0.25) is 0 Å². The molecule has 0 saturated heterocycles. The number of hydrogen-bond donors (Lipinski definition) is 0. The number of unbranched alkanes of at least 4 members (excludes halogenated alkanes) is 16. The Morgan fingerprint density at radius 2 is 1.00 bits per heavy atom. The average Bonchev–Trinajstić information content (AvgIpc) is 2.62. The molecule has 0 heterocycles. The van der Waals surface area contributed by atoms with E-state index in [1.807, 2.05) is 0 Å². The Bertz CT molecular complexity index is 309. The fraction of sp³-hybridized carbons (Fsp3) is 0.833. The Morgan fingerprint density at radius 1 is 0.615 bits per heavy atom. The minimum atomic E-state index is -0.212. The summed E-state index contributed by atoms with van der Waals surface area (Å²) >= 11 is 0. The second-order valence-electron chi connectivity index (χ2n) is 7.56. The molecule has 0 spiro atoms. The molecule has 0 atom stereocenters. The molecule has 153 valence electrons. The van der Waals surface area contributed by atoms with E-state index in [1.165, 1.54) is 110 Å². The second kappa shape index (κ2) is 22.3. The lowest BCUT2D eigenvalue weighted by Gasteiger charge is -2.02. The van der Waals surface area contributed by atoms with Crippen LogP contribution in [-0.4, -0.2) is 5.97 Å². The van der Waals surface area contributed by atoms with Crippen LogP contribution >= 0.6 is 0 Å². The first-order chi connectivity index (χ1) is 12.8. The molecule has 1 radical (unpaired) electrons. The van der Waals surface area contributed by atoms with Gasteiger partial charge in [-0.05, 0) is 38.5 Å². The maximum atomic E-state index is 10.6. The first-order valence-electron chi connectivity index (χ1n) is 11.4. The Morgan fingerprint density at radius 3 is 1.42 bits per heavy atom. The maximum absolute atomic E-state index is 10.6. The van der Waals surface area contributed by atoms with Gasteiger partial charge in [-0.25, -0.2) is 0 Å². The van der Waals surface area contributed by atoms with Crippen LogP contribution < -0.4 is 0 Å². The van der Waals surface area contributed by atoms with Crippen LogP contribution in [0.5, 0.6) is 0 Å². The predicted molar refractivity (Wildman–Crippen MR) is 114 cm³/mol. The minimum Gasteiger partial charge on any atom is -0.459 e. The fourth-order valence-corrected chi connectivity index (χ4v) is 3.18. The first-order valence-corrected chi connectivity index (χ1v) is 11.4. The molecule has 0 amide bonds. The zero-order chi connectivity index (χ0) is 19.1. The van der Waals surface area contributed by atoms with Gasteiger partial charge in [-0.1, -0.05) is 96.1 Å². The molecule has 0 unspecified atom stereocenters. The third-order valence-corrected chi connectivity index (χ3v) is 4.83. The van der Waals surface area contributed by atoms with Crippen LogP contribution in [0.15, 0.2) is 12.2 Å². The number of ether oxygens (including phenoxy) is 1. The van der Waals surface area contributed by atoms with Gasteiger partial charge in [0.25, 0.3) is 0 Å². The van der Waals surface area contributed by atoms with Gasteiger partial charge in [-0.3, -0.25) is 4.79 Å². The number of allylic oxidation sites excluding steroid dienone is 2. The van der Waals surface area contributed by atoms with Crippen molar-refractivity contribution in [3.05, 3.63) is 18.8 Å². The van der Waals surface area contributed by atoms with Gasteiger partial charge in [-0.15, -0.1) is 0 Å². The summed E-state index contributed by atoms with van der Waals surface area (Å²) in [4.78, 5) is 10.6. The zero-order valence-electron chi connectivity index (χ0n) is 17.8. The van der Waals surface area contributed by atoms with E-state index in [9.17, 15) is 4.79 Å². The van der Waals surface area contributed by atoms with Crippen LogP contribution in [0.1, 0.15) is 129 Å². The Kier molecular flexibility index (Phi) is 21.6. The predicted octanol–water partition coefficient (Wildman–Crippen LogP) is 8.31. The number of hydrogen-bond acceptors (Lipinski definition) is 2. The van der Waals surface area contributed by atoms with E-state index in [-0.39, 0.29) is 5.97 Å². The molecule has 2 heteroatoms. The largest absolute Gasteiger partial charge is 0.459 e. The molecule has 0 aliphatic heterocycles. The molecule has 0 aliphatic carbocycles. The van der Waals surface area contributed by atoms with Gasteiger partial charge in [0.1, 0.15) is 6.61 Å². The van der Waals surface area contributed by atoms with E-state index < -0.39 is 0 Å². The smallest absolute Gasteiger partial charge is 0.303 e. The SMILES string of the molecule is CCCCCCCCCCCC=CCCCCCCCC[CH]OC(C)=O. The zero-order valence-corrected chi connectivity index (χ0v) is 17.8. The van der Waals surface area contributed by atoms with E-state index in [0.717, 1.165) is 12.8 Å². The normalized spacial score (nSPS) is 11.3. The molecule has 0 fully saturated rings. The summed E-state index contributed by atoms with van der Waals surface area (Å²) in [6, 6.07) is 0. The summed E-state index contributed by atoms with van der Waals surface area (Å²) in [6.45, 7) is 5.37. The molecule has 0 aromatic carbocycles. The highest BCUT2D eigenvalue weighted by Crippen LogP contribution is 2.12. The summed E-state index contributed by atoms with van der Waals surface area (Å²) in [5.41, 5.74) is 0. The number of esters is 1. The lowest BCUT2D eigenvalue weighted by molar-refractivity contribution is -0.137. The lowest BCUT2D eigenvalue weighted by atomic mass is 10.1. The molecule has 0 aliphatic rings.